The van der Waals surface area contributed by atoms with Crippen molar-refractivity contribution in [2.45, 2.75) is 9.64 Å². The Balaban J connectivity index is 0.00000529. The van der Waals surface area contributed by atoms with Crippen LogP contribution in [0.1, 0.15) is 0 Å². The summed E-state index contributed by atoms with van der Waals surface area (Å²) in [5.41, 5.74) is 0. The van der Waals surface area contributed by atoms with E-state index in [0.29, 0.717) is 5.02 Å². The average molecular weight is 468 g/mol. The average Bonchev–Trinajstić information content (AvgIpc) is 2.42. The maximum Gasteiger partial charge on any atom is 1.00 e. The molecule has 2 unspecified atom stereocenters. The third-order valence-electron chi connectivity index (χ3n) is 2.30. The molecule has 0 fully saturated rings. The van der Waals surface area contributed by atoms with Crippen molar-refractivity contribution in [1.82, 2.24) is 0 Å². The minimum Gasteiger partial charge on any atom is -0.776 e. The smallest absolute Gasteiger partial charge is 0.776 e. The van der Waals surface area contributed by atoms with E-state index in [1.54, 1.807) is 0 Å². The summed E-state index contributed by atoms with van der Waals surface area (Å²) in [6.07, 6.45) is 0. The van der Waals surface area contributed by atoms with Gasteiger partial charge in [-0.25, -0.2) is 4.79 Å². The monoisotopic (exact) mass is 466 g/mol. The summed E-state index contributed by atoms with van der Waals surface area (Å²) >= 11 is 28.0. The molecule has 2 atom stereocenters. The zero-order valence-electron chi connectivity index (χ0n) is 12.3. The third-order valence-corrected chi connectivity index (χ3v) is 5.46. The summed E-state index contributed by atoms with van der Waals surface area (Å²) < 4.78 is 23.1. The fourth-order valence-electron chi connectivity index (χ4n) is 1.29. The topological polar surface area (TPSA) is 84.9 Å². The molecule has 130 valence electrons. The van der Waals surface area contributed by atoms with Gasteiger partial charge in [-0.1, -0.05) is 58.0 Å². The number of benzene rings is 1. The van der Waals surface area contributed by atoms with Gasteiger partial charge >= 0.3 is 35.5 Å². The Hall–Kier alpha value is 1.09. The fraction of sp³-hybridized carbons (Fsp3) is 0.364. The first-order chi connectivity index (χ1) is 10.5. The number of hydrogen-bond donors (Lipinski definition) is 0. The molecular formula is C11H9Cl5NaO6P. The van der Waals surface area contributed by atoms with Gasteiger partial charge in [-0.05, 0) is 18.2 Å². The van der Waals surface area contributed by atoms with Crippen LogP contribution < -0.4 is 39.2 Å². The first-order valence-electron chi connectivity index (χ1n) is 5.68. The van der Waals surface area contributed by atoms with Crippen molar-refractivity contribution in [1.29, 1.82) is 0 Å². The van der Waals surface area contributed by atoms with Gasteiger partial charge < -0.3 is 23.5 Å². The predicted octanol–water partition coefficient (Wildman–Crippen LogP) is 0.815. The van der Waals surface area contributed by atoms with Gasteiger partial charge in [0.2, 0.25) is 9.64 Å². The van der Waals surface area contributed by atoms with Crippen LogP contribution >= 0.6 is 65.6 Å². The summed E-state index contributed by atoms with van der Waals surface area (Å²) in [7, 11) is -3.92. The number of ether oxygens (including phenoxy) is 2. The molecule has 0 N–H and O–H groups in total. The summed E-state index contributed by atoms with van der Waals surface area (Å²) in [5.74, 6) is -3.11. The summed E-state index contributed by atoms with van der Waals surface area (Å²) in [6, 6.07) is 4.29. The van der Waals surface area contributed by atoms with E-state index in [1.807, 2.05) is 0 Å². The van der Waals surface area contributed by atoms with Crippen molar-refractivity contribution in [3.8, 4) is 5.75 Å². The molecule has 6 nitrogen and oxygen atoms in total. The molecule has 0 aliphatic rings. The Bertz CT molecular complexity index is 625. The molecule has 0 bridgehead atoms. The summed E-state index contributed by atoms with van der Waals surface area (Å²) in [4.78, 5) is 23.4. The maximum absolute atomic E-state index is 11.7. The molecule has 0 radical (unpaired) electrons. The van der Waals surface area contributed by atoms with E-state index >= 15 is 0 Å². The second kappa shape index (κ2) is 10.4. The Morgan fingerprint density at radius 2 is 1.92 bits per heavy atom. The SMILES string of the molecule is COP(=O)([O-])C(OC(=O)COc1ccc(Cl)cc1Cl)C(Cl)(Cl)Cl.[Na+]. The molecule has 0 aliphatic heterocycles. The number of rotatable bonds is 6. The normalized spacial score (nSPS) is 15.0. The Morgan fingerprint density at radius 3 is 2.38 bits per heavy atom. The molecule has 0 spiro atoms. The van der Waals surface area contributed by atoms with Crippen molar-refractivity contribution < 1.29 is 57.8 Å². The molecule has 0 aromatic heterocycles. The van der Waals surface area contributed by atoms with E-state index in [1.165, 1.54) is 18.2 Å². The molecule has 1 rings (SSSR count). The number of alkyl halides is 3. The predicted molar refractivity (Wildman–Crippen MR) is 86.7 cm³/mol. The van der Waals surface area contributed by atoms with Gasteiger partial charge in [0.05, 0.1) is 5.02 Å². The van der Waals surface area contributed by atoms with Gasteiger partial charge in [0, 0.05) is 12.1 Å². The Labute approximate surface area is 185 Å². The Morgan fingerprint density at radius 1 is 1.33 bits per heavy atom. The largest absolute Gasteiger partial charge is 1.00 e. The molecule has 0 saturated carbocycles. The van der Waals surface area contributed by atoms with Crippen molar-refractivity contribution in [2.24, 2.45) is 0 Å². The van der Waals surface area contributed by atoms with Gasteiger partial charge in [-0.3, -0.25) is 0 Å². The number of halogens is 5. The van der Waals surface area contributed by atoms with Crippen molar-refractivity contribution >= 4 is 71.6 Å². The van der Waals surface area contributed by atoms with Crippen LogP contribution in [-0.4, -0.2) is 29.3 Å². The standard InChI is InChI=1S/C11H10Cl5O6P.Na/c1-20-23(18,19)10(11(14,15)16)22-9(17)5-21-8-3-2-6(12)4-7(8)13;/h2-4,10H,5H2,1H3,(H,18,19);/q;+1/p-1. The molecule has 0 saturated heterocycles. The zero-order chi connectivity index (χ0) is 17.8. The van der Waals surface area contributed by atoms with Crippen LogP contribution in [0.2, 0.25) is 10.0 Å². The summed E-state index contributed by atoms with van der Waals surface area (Å²) in [5, 5.41) is 0.517. The van der Waals surface area contributed by atoms with E-state index in [-0.39, 0.29) is 40.3 Å². The number of esters is 1. The van der Waals surface area contributed by atoms with Gasteiger partial charge in [0.25, 0.3) is 0 Å². The van der Waals surface area contributed by atoms with Crippen molar-refractivity contribution in [3.05, 3.63) is 28.2 Å². The van der Waals surface area contributed by atoms with Crippen LogP contribution in [-0.2, 0) is 18.6 Å². The van der Waals surface area contributed by atoms with Gasteiger partial charge in [0.1, 0.15) is 5.75 Å². The van der Waals surface area contributed by atoms with E-state index in [4.69, 9.17) is 62.7 Å². The van der Waals surface area contributed by atoms with Crippen LogP contribution in [0.5, 0.6) is 5.75 Å². The molecule has 0 amide bonds. The van der Waals surface area contributed by atoms with Gasteiger partial charge in [-0.15, -0.1) is 0 Å². The maximum atomic E-state index is 11.7. The number of carbonyl (C=O) groups is 1. The quantitative estimate of drug-likeness (QED) is 0.266. The minimum absolute atomic E-state index is 0. The van der Waals surface area contributed by atoms with E-state index in [0.717, 1.165) is 7.11 Å². The molecule has 24 heavy (non-hydrogen) atoms. The fourth-order valence-corrected chi connectivity index (χ4v) is 3.76. The summed E-state index contributed by atoms with van der Waals surface area (Å²) in [6.45, 7) is -0.678. The molecule has 1 aromatic rings. The number of hydrogen-bond acceptors (Lipinski definition) is 6. The minimum atomic E-state index is -4.76. The molecule has 0 aliphatic carbocycles. The van der Waals surface area contributed by atoms with Gasteiger partial charge in [-0.2, -0.15) is 0 Å². The molecule has 1 aromatic carbocycles. The second-order valence-electron chi connectivity index (χ2n) is 3.97. The van der Waals surface area contributed by atoms with Crippen LogP contribution in [0.3, 0.4) is 0 Å². The zero-order valence-corrected chi connectivity index (χ0v) is 19.0. The van der Waals surface area contributed by atoms with Crippen LogP contribution in [0.25, 0.3) is 0 Å². The van der Waals surface area contributed by atoms with Crippen LogP contribution in [0.15, 0.2) is 18.2 Å². The van der Waals surface area contributed by atoms with E-state index in [2.05, 4.69) is 9.26 Å². The Kier molecular flexibility index (Phi) is 10.9. The third kappa shape index (κ3) is 7.77. The molecule has 0 heterocycles. The van der Waals surface area contributed by atoms with Crippen LogP contribution in [0, 0.1) is 0 Å². The molecule has 13 heteroatoms. The van der Waals surface area contributed by atoms with Crippen molar-refractivity contribution in [3.63, 3.8) is 0 Å². The van der Waals surface area contributed by atoms with E-state index in [9.17, 15) is 14.3 Å². The van der Waals surface area contributed by atoms with E-state index < -0.39 is 29.8 Å². The van der Waals surface area contributed by atoms with Crippen molar-refractivity contribution in [2.75, 3.05) is 13.7 Å². The first kappa shape index (κ1) is 25.1. The molecular weight excluding hydrogens is 459 g/mol. The van der Waals surface area contributed by atoms with Crippen LogP contribution in [0.4, 0.5) is 0 Å². The number of carbonyl (C=O) groups excluding carboxylic acids is 1. The van der Waals surface area contributed by atoms with Gasteiger partial charge in [0.15, 0.2) is 14.2 Å². The first-order valence-corrected chi connectivity index (χ1v) is 9.18. The second-order valence-corrected chi connectivity index (χ2v) is 9.10.